The van der Waals surface area contributed by atoms with Crippen molar-refractivity contribution < 1.29 is 14.7 Å². The molecule has 2 aromatic rings. The van der Waals surface area contributed by atoms with E-state index in [1.165, 1.54) is 5.56 Å². The minimum atomic E-state index is -0.797. The molecule has 1 amide bonds. The first kappa shape index (κ1) is 19.2. The average Bonchev–Trinajstić information content (AvgIpc) is 3.17. The molecular formula is C23H27NO3. The largest absolute Gasteiger partial charge is 0.481 e. The molecule has 0 aliphatic heterocycles. The maximum Gasteiger partial charge on any atom is 0.306 e. The van der Waals surface area contributed by atoms with Gasteiger partial charge in [-0.05, 0) is 41.9 Å². The smallest absolute Gasteiger partial charge is 0.306 e. The number of aliphatic carboxylic acids is 1. The molecule has 2 N–H and O–H groups in total. The molecule has 4 nitrogen and oxygen atoms in total. The van der Waals surface area contributed by atoms with Gasteiger partial charge in [0.2, 0.25) is 5.91 Å². The summed E-state index contributed by atoms with van der Waals surface area (Å²) in [4.78, 5) is 24.0. The summed E-state index contributed by atoms with van der Waals surface area (Å²) in [6.07, 6.45) is 1.64. The highest BCUT2D eigenvalue weighted by molar-refractivity contribution is 5.81. The Balaban J connectivity index is 1.81. The summed E-state index contributed by atoms with van der Waals surface area (Å²) in [5.41, 5.74) is 3.32. The summed E-state index contributed by atoms with van der Waals surface area (Å²) in [5.74, 6) is -1.03. The number of nitrogens with one attached hydrogen (secondary N) is 1. The van der Waals surface area contributed by atoms with Crippen LogP contribution in [0.4, 0.5) is 0 Å². The average molecular weight is 365 g/mol. The molecule has 3 atom stereocenters. The van der Waals surface area contributed by atoms with Crippen LogP contribution in [0.3, 0.4) is 0 Å². The predicted octanol–water partition coefficient (Wildman–Crippen LogP) is 4.52. The summed E-state index contributed by atoms with van der Waals surface area (Å²) in [7, 11) is 0. The van der Waals surface area contributed by atoms with Gasteiger partial charge in [-0.15, -0.1) is 0 Å². The standard InChI is InChI=1S/C23H27NO3/c1-15(2)16-8-10-18(11-9-16)21(17-6-4-3-5-7-17)24-22(25)19-12-13-20(14-19)23(26)27/h3-11,15,19-21H,12-14H2,1-2H3,(H,24,25)(H,26,27). The Hall–Kier alpha value is -2.62. The third-order valence-electron chi connectivity index (χ3n) is 5.51. The molecule has 1 fully saturated rings. The normalized spacial score (nSPS) is 20.4. The lowest BCUT2D eigenvalue weighted by Crippen LogP contribution is -2.34. The van der Waals surface area contributed by atoms with Crippen LogP contribution in [0.1, 0.15) is 61.8 Å². The molecule has 0 radical (unpaired) electrons. The molecule has 0 bridgehead atoms. The van der Waals surface area contributed by atoms with Gasteiger partial charge in [0.25, 0.3) is 0 Å². The molecule has 0 saturated heterocycles. The van der Waals surface area contributed by atoms with Crippen molar-refractivity contribution in [2.75, 3.05) is 0 Å². The summed E-state index contributed by atoms with van der Waals surface area (Å²) in [6, 6.07) is 18.0. The van der Waals surface area contributed by atoms with E-state index in [0.29, 0.717) is 25.2 Å². The number of amides is 1. The molecule has 4 heteroatoms. The second-order valence-corrected chi connectivity index (χ2v) is 7.72. The van der Waals surface area contributed by atoms with Crippen LogP contribution in [-0.4, -0.2) is 17.0 Å². The first-order valence-electron chi connectivity index (χ1n) is 9.63. The molecule has 1 aliphatic carbocycles. The van der Waals surface area contributed by atoms with Crippen molar-refractivity contribution in [1.82, 2.24) is 5.32 Å². The molecule has 0 heterocycles. The predicted molar refractivity (Wildman–Crippen MR) is 105 cm³/mol. The van der Waals surface area contributed by atoms with Crippen molar-refractivity contribution >= 4 is 11.9 Å². The fraction of sp³-hybridized carbons (Fsp3) is 0.391. The summed E-state index contributed by atoms with van der Waals surface area (Å²) in [5, 5.41) is 12.4. The van der Waals surface area contributed by atoms with Crippen molar-refractivity contribution in [3.8, 4) is 0 Å². The van der Waals surface area contributed by atoms with Crippen molar-refractivity contribution in [1.29, 1.82) is 0 Å². The van der Waals surface area contributed by atoms with Crippen LogP contribution in [0.15, 0.2) is 54.6 Å². The molecule has 3 rings (SSSR count). The fourth-order valence-electron chi connectivity index (χ4n) is 3.78. The van der Waals surface area contributed by atoms with Crippen LogP contribution >= 0.6 is 0 Å². The highest BCUT2D eigenvalue weighted by Crippen LogP contribution is 2.32. The zero-order valence-corrected chi connectivity index (χ0v) is 15.9. The summed E-state index contributed by atoms with van der Waals surface area (Å²) < 4.78 is 0. The van der Waals surface area contributed by atoms with Crippen LogP contribution in [0.25, 0.3) is 0 Å². The number of hydrogen-bond acceptors (Lipinski definition) is 2. The van der Waals surface area contributed by atoms with Gasteiger partial charge in [0.15, 0.2) is 0 Å². The second-order valence-electron chi connectivity index (χ2n) is 7.72. The first-order chi connectivity index (χ1) is 13.0. The second kappa shape index (κ2) is 8.38. The molecule has 1 saturated carbocycles. The van der Waals surface area contributed by atoms with Gasteiger partial charge in [0.1, 0.15) is 0 Å². The number of carboxylic acids is 1. The number of carbonyl (C=O) groups excluding carboxylic acids is 1. The number of benzene rings is 2. The molecule has 1 aliphatic rings. The monoisotopic (exact) mass is 365 g/mol. The van der Waals surface area contributed by atoms with Gasteiger partial charge in [0.05, 0.1) is 12.0 Å². The quantitative estimate of drug-likeness (QED) is 0.791. The molecule has 27 heavy (non-hydrogen) atoms. The van der Waals surface area contributed by atoms with Crippen LogP contribution in [0.2, 0.25) is 0 Å². The number of carboxylic acid groups (broad SMARTS) is 1. The van der Waals surface area contributed by atoms with E-state index in [1.807, 2.05) is 30.3 Å². The lowest BCUT2D eigenvalue weighted by atomic mass is 9.94. The molecule has 2 aromatic carbocycles. The van der Waals surface area contributed by atoms with Crippen molar-refractivity contribution in [2.45, 2.75) is 45.1 Å². The minimum absolute atomic E-state index is 0.0551. The van der Waals surface area contributed by atoms with E-state index in [4.69, 9.17) is 0 Å². The van der Waals surface area contributed by atoms with E-state index in [-0.39, 0.29) is 17.9 Å². The van der Waals surface area contributed by atoms with Gasteiger partial charge in [-0.2, -0.15) is 0 Å². The Labute approximate surface area is 160 Å². The molecular weight excluding hydrogens is 338 g/mol. The Kier molecular flexibility index (Phi) is 5.94. The minimum Gasteiger partial charge on any atom is -0.481 e. The lowest BCUT2D eigenvalue weighted by molar-refractivity contribution is -0.141. The molecule has 0 aromatic heterocycles. The Morgan fingerprint density at radius 1 is 0.889 bits per heavy atom. The van der Waals surface area contributed by atoms with E-state index in [0.717, 1.165) is 11.1 Å². The Bertz CT molecular complexity index is 783. The zero-order chi connectivity index (χ0) is 19.4. The Morgan fingerprint density at radius 2 is 1.44 bits per heavy atom. The van der Waals surface area contributed by atoms with Crippen LogP contribution in [0.5, 0.6) is 0 Å². The van der Waals surface area contributed by atoms with E-state index >= 15 is 0 Å². The maximum atomic E-state index is 12.8. The van der Waals surface area contributed by atoms with E-state index in [9.17, 15) is 14.7 Å². The summed E-state index contributed by atoms with van der Waals surface area (Å²) >= 11 is 0. The van der Waals surface area contributed by atoms with Gasteiger partial charge < -0.3 is 10.4 Å². The van der Waals surface area contributed by atoms with E-state index in [2.05, 4.69) is 43.4 Å². The van der Waals surface area contributed by atoms with Crippen molar-refractivity contribution in [2.24, 2.45) is 11.8 Å². The Morgan fingerprint density at radius 3 is 2.00 bits per heavy atom. The highest BCUT2D eigenvalue weighted by Gasteiger charge is 2.34. The molecule has 3 unspecified atom stereocenters. The molecule has 142 valence electrons. The third-order valence-corrected chi connectivity index (χ3v) is 5.51. The van der Waals surface area contributed by atoms with Crippen LogP contribution in [0, 0.1) is 11.8 Å². The van der Waals surface area contributed by atoms with Crippen molar-refractivity contribution in [3.63, 3.8) is 0 Å². The third kappa shape index (κ3) is 4.57. The van der Waals surface area contributed by atoms with Gasteiger partial charge in [-0.3, -0.25) is 9.59 Å². The number of carbonyl (C=O) groups is 2. The zero-order valence-electron chi connectivity index (χ0n) is 15.9. The van der Waals surface area contributed by atoms with Gasteiger partial charge in [-0.1, -0.05) is 68.4 Å². The van der Waals surface area contributed by atoms with Crippen molar-refractivity contribution in [3.05, 3.63) is 71.3 Å². The topological polar surface area (TPSA) is 66.4 Å². The number of hydrogen-bond donors (Lipinski definition) is 2. The number of rotatable bonds is 6. The first-order valence-corrected chi connectivity index (χ1v) is 9.63. The van der Waals surface area contributed by atoms with Crippen LogP contribution in [-0.2, 0) is 9.59 Å². The fourth-order valence-corrected chi connectivity index (χ4v) is 3.78. The van der Waals surface area contributed by atoms with Gasteiger partial charge in [0, 0.05) is 5.92 Å². The van der Waals surface area contributed by atoms with Crippen LogP contribution < -0.4 is 5.32 Å². The lowest BCUT2D eigenvalue weighted by Gasteiger charge is -2.22. The molecule has 0 spiro atoms. The van der Waals surface area contributed by atoms with E-state index in [1.54, 1.807) is 0 Å². The van der Waals surface area contributed by atoms with Gasteiger partial charge >= 0.3 is 5.97 Å². The SMILES string of the molecule is CC(C)c1ccc(C(NC(=O)C2CCC(C(=O)O)C2)c2ccccc2)cc1. The highest BCUT2D eigenvalue weighted by atomic mass is 16.4. The van der Waals surface area contributed by atoms with Gasteiger partial charge in [-0.25, -0.2) is 0 Å². The maximum absolute atomic E-state index is 12.8. The summed E-state index contributed by atoms with van der Waals surface area (Å²) in [6.45, 7) is 4.31. The van der Waals surface area contributed by atoms with E-state index < -0.39 is 11.9 Å².